The van der Waals surface area contributed by atoms with Crippen molar-refractivity contribution in [1.29, 1.82) is 0 Å². The zero-order valence-electron chi connectivity index (χ0n) is 11.2. The van der Waals surface area contributed by atoms with Crippen molar-refractivity contribution < 1.29 is 18.3 Å². The molecule has 110 valence electrons. The van der Waals surface area contributed by atoms with Crippen LogP contribution in [0.2, 0.25) is 0 Å². The first kappa shape index (κ1) is 13.9. The second-order valence-corrected chi connectivity index (χ2v) is 6.37. The van der Waals surface area contributed by atoms with Crippen LogP contribution in [-0.2, 0) is 11.6 Å². The Labute approximate surface area is 116 Å². The van der Waals surface area contributed by atoms with Crippen LogP contribution in [0.1, 0.15) is 49.8 Å². The highest BCUT2D eigenvalue weighted by atomic mass is 19.4. The molecule has 0 radical (unpaired) electrons. The van der Waals surface area contributed by atoms with E-state index in [2.05, 4.69) is 4.98 Å². The molecule has 1 heterocycles. The Morgan fingerprint density at radius 1 is 1.10 bits per heavy atom. The Hall–Kier alpha value is -1.10. The number of nitrogens with zero attached hydrogens (tertiary/aromatic N) is 1. The van der Waals surface area contributed by atoms with Gasteiger partial charge in [0.2, 0.25) is 0 Å². The zero-order chi connectivity index (χ0) is 14.4. The molecule has 0 amide bonds. The predicted octanol–water partition coefficient (Wildman–Crippen LogP) is 3.68. The third-order valence-electron chi connectivity index (χ3n) is 5.37. The van der Waals surface area contributed by atoms with E-state index in [1.165, 1.54) is 12.3 Å². The monoisotopic (exact) mass is 285 g/mol. The van der Waals surface area contributed by atoms with Gasteiger partial charge in [-0.1, -0.05) is 0 Å². The molecule has 2 bridgehead atoms. The SMILES string of the molecule is OCC12CCC(c3cc(C(F)(F)F)ccn3)(CC1)CC2. The molecule has 0 unspecified atom stereocenters. The molecule has 20 heavy (non-hydrogen) atoms. The van der Waals surface area contributed by atoms with E-state index in [1.807, 2.05) is 0 Å². The minimum absolute atomic E-state index is 0.0172. The van der Waals surface area contributed by atoms with Gasteiger partial charge < -0.3 is 5.11 Å². The van der Waals surface area contributed by atoms with Crippen molar-refractivity contribution in [3.8, 4) is 0 Å². The van der Waals surface area contributed by atoms with E-state index < -0.39 is 11.7 Å². The number of hydrogen-bond donors (Lipinski definition) is 1. The van der Waals surface area contributed by atoms with Crippen molar-refractivity contribution in [3.05, 3.63) is 29.6 Å². The maximum absolute atomic E-state index is 12.8. The van der Waals surface area contributed by atoms with E-state index in [1.54, 1.807) is 0 Å². The van der Waals surface area contributed by atoms with Crippen LogP contribution in [0, 0.1) is 5.41 Å². The molecule has 0 saturated heterocycles. The third kappa shape index (κ3) is 2.12. The van der Waals surface area contributed by atoms with Crippen LogP contribution in [0.15, 0.2) is 18.3 Å². The van der Waals surface area contributed by atoms with Crippen molar-refractivity contribution in [3.63, 3.8) is 0 Å². The molecular weight excluding hydrogens is 267 g/mol. The quantitative estimate of drug-likeness (QED) is 0.899. The molecule has 0 aliphatic heterocycles. The average Bonchev–Trinajstić information content (AvgIpc) is 2.48. The molecule has 1 N–H and O–H groups in total. The van der Waals surface area contributed by atoms with Crippen molar-refractivity contribution in [2.45, 2.75) is 50.1 Å². The van der Waals surface area contributed by atoms with Crippen LogP contribution >= 0.6 is 0 Å². The fourth-order valence-electron chi connectivity index (χ4n) is 3.78. The maximum atomic E-state index is 12.8. The largest absolute Gasteiger partial charge is 0.416 e. The standard InChI is InChI=1S/C15H18F3NO/c16-15(17,18)11-1-8-19-12(9-11)14-5-2-13(10-20,3-6-14)4-7-14/h1,8-9,20H,2-7,10H2. The maximum Gasteiger partial charge on any atom is 0.416 e. The fourth-order valence-corrected chi connectivity index (χ4v) is 3.78. The minimum Gasteiger partial charge on any atom is -0.396 e. The molecule has 0 aromatic carbocycles. The number of hydrogen-bond acceptors (Lipinski definition) is 2. The van der Waals surface area contributed by atoms with Crippen LogP contribution in [0.4, 0.5) is 13.2 Å². The smallest absolute Gasteiger partial charge is 0.396 e. The molecule has 3 saturated carbocycles. The van der Waals surface area contributed by atoms with E-state index in [-0.39, 0.29) is 17.4 Å². The van der Waals surface area contributed by atoms with Gasteiger partial charge in [-0.2, -0.15) is 13.2 Å². The fraction of sp³-hybridized carbons (Fsp3) is 0.667. The highest BCUT2D eigenvalue weighted by molar-refractivity contribution is 5.27. The number of aliphatic hydroxyl groups excluding tert-OH is 1. The number of aromatic nitrogens is 1. The summed E-state index contributed by atoms with van der Waals surface area (Å²) in [6.07, 6.45) is 2.14. The third-order valence-corrected chi connectivity index (χ3v) is 5.37. The van der Waals surface area contributed by atoms with Gasteiger partial charge in [0.25, 0.3) is 0 Å². The van der Waals surface area contributed by atoms with Gasteiger partial charge in [-0.15, -0.1) is 0 Å². The Morgan fingerprint density at radius 2 is 1.70 bits per heavy atom. The Bertz CT molecular complexity index is 488. The number of halogens is 3. The van der Waals surface area contributed by atoms with Crippen LogP contribution in [0.3, 0.4) is 0 Å². The van der Waals surface area contributed by atoms with E-state index in [4.69, 9.17) is 0 Å². The first-order chi connectivity index (χ1) is 9.39. The van der Waals surface area contributed by atoms with Crippen molar-refractivity contribution in [2.75, 3.05) is 6.61 Å². The molecule has 0 atom stereocenters. The topological polar surface area (TPSA) is 33.1 Å². The molecule has 1 aromatic heterocycles. The van der Waals surface area contributed by atoms with E-state index >= 15 is 0 Å². The van der Waals surface area contributed by atoms with Gasteiger partial charge in [0.05, 0.1) is 5.56 Å². The lowest BCUT2D eigenvalue weighted by atomic mass is 9.53. The van der Waals surface area contributed by atoms with Gasteiger partial charge in [-0.3, -0.25) is 4.98 Å². The van der Waals surface area contributed by atoms with Gasteiger partial charge in [0, 0.05) is 23.9 Å². The van der Waals surface area contributed by atoms with Crippen LogP contribution < -0.4 is 0 Å². The summed E-state index contributed by atoms with van der Waals surface area (Å²) in [4.78, 5) is 4.23. The van der Waals surface area contributed by atoms with Crippen molar-refractivity contribution >= 4 is 0 Å². The van der Waals surface area contributed by atoms with Gasteiger partial charge in [-0.05, 0) is 56.1 Å². The molecule has 3 fully saturated rings. The summed E-state index contributed by atoms with van der Waals surface area (Å²) in [6.45, 7) is 0.194. The summed E-state index contributed by atoms with van der Waals surface area (Å²) in [7, 11) is 0. The summed E-state index contributed by atoms with van der Waals surface area (Å²) in [5.74, 6) is 0. The first-order valence-electron chi connectivity index (χ1n) is 7.04. The van der Waals surface area contributed by atoms with E-state index in [9.17, 15) is 18.3 Å². The summed E-state index contributed by atoms with van der Waals surface area (Å²) >= 11 is 0. The zero-order valence-corrected chi connectivity index (χ0v) is 11.2. The van der Waals surface area contributed by atoms with Crippen molar-refractivity contribution in [1.82, 2.24) is 4.98 Å². The summed E-state index contributed by atoms with van der Waals surface area (Å²) in [5, 5.41) is 9.51. The lowest BCUT2D eigenvalue weighted by molar-refractivity contribution is -0.137. The van der Waals surface area contributed by atoms with Gasteiger partial charge in [0.15, 0.2) is 0 Å². The van der Waals surface area contributed by atoms with Gasteiger partial charge >= 0.3 is 6.18 Å². The second kappa shape index (κ2) is 4.45. The van der Waals surface area contributed by atoms with Crippen molar-refractivity contribution in [2.24, 2.45) is 5.41 Å². The van der Waals surface area contributed by atoms with E-state index in [0.29, 0.717) is 5.69 Å². The Balaban J connectivity index is 1.91. The summed E-state index contributed by atoms with van der Waals surface area (Å²) in [5.41, 5.74) is -0.221. The number of rotatable bonds is 2. The lowest BCUT2D eigenvalue weighted by Gasteiger charge is -2.52. The number of alkyl halides is 3. The molecule has 3 aliphatic rings. The van der Waals surface area contributed by atoms with E-state index in [0.717, 1.165) is 44.6 Å². The predicted molar refractivity (Wildman–Crippen MR) is 68.1 cm³/mol. The average molecular weight is 285 g/mol. The molecule has 5 heteroatoms. The Kier molecular flexibility index (Phi) is 3.08. The molecule has 4 rings (SSSR count). The highest BCUT2D eigenvalue weighted by Crippen LogP contribution is 2.57. The molecule has 1 aromatic rings. The molecule has 0 spiro atoms. The minimum atomic E-state index is -4.31. The second-order valence-electron chi connectivity index (χ2n) is 6.37. The molecule has 2 nitrogen and oxygen atoms in total. The molecular formula is C15H18F3NO. The first-order valence-corrected chi connectivity index (χ1v) is 7.04. The van der Waals surface area contributed by atoms with Crippen LogP contribution in [0.5, 0.6) is 0 Å². The Morgan fingerprint density at radius 3 is 2.20 bits per heavy atom. The number of aliphatic hydroxyl groups is 1. The van der Waals surface area contributed by atoms with Gasteiger partial charge in [0.1, 0.15) is 0 Å². The summed E-state index contributed by atoms with van der Waals surface area (Å²) < 4.78 is 38.5. The van der Waals surface area contributed by atoms with Gasteiger partial charge in [-0.25, -0.2) is 0 Å². The number of fused-ring (bicyclic) bond motifs is 3. The lowest BCUT2D eigenvalue weighted by Crippen LogP contribution is -2.46. The summed E-state index contributed by atoms with van der Waals surface area (Å²) in [6, 6.07) is 2.25. The van der Waals surface area contributed by atoms with Crippen LogP contribution in [-0.4, -0.2) is 16.7 Å². The number of pyridine rings is 1. The van der Waals surface area contributed by atoms with Crippen LogP contribution in [0.25, 0.3) is 0 Å². The normalized spacial score (nSPS) is 33.4. The highest BCUT2D eigenvalue weighted by Gasteiger charge is 2.50. The molecule has 3 aliphatic carbocycles.